The van der Waals surface area contributed by atoms with Crippen LogP contribution in [0.25, 0.3) is 0 Å². The van der Waals surface area contributed by atoms with Crippen molar-refractivity contribution in [2.24, 2.45) is 0 Å². The largest absolute Gasteiger partial charge is 0.389 e. The molecule has 0 bridgehead atoms. The maximum absolute atomic E-state index is 9.67. The molecule has 2 heteroatoms. The van der Waals surface area contributed by atoms with E-state index >= 15 is 0 Å². The van der Waals surface area contributed by atoms with Gasteiger partial charge in [0.05, 0.1) is 6.10 Å². The lowest BCUT2D eigenvalue weighted by Crippen LogP contribution is -2.20. The number of aliphatic hydroxyl groups excluding tert-OH is 1. The average molecular weight is 212 g/mol. The van der Waals surface area contributed by atoms with Crippen LogP contribution in [0.15, 0.2) is 23.8 Å². The van der Waals surface area contributed by atoms with Crippen molar-refractivity contribution in [3.63, 3.8) is 0 Å². The highest BCUT2D eigenvalue weighted by atomic mass is 28.3. The van der Waals surface area contributed by atoms with Crippen LogP contribution in [0.3, 0.4) is 0 Å². The van der Waals surface area contributed by atoms with Gasteiger partial charge in [-0.1, -0.05) is 36.9 Å². The van der Waals surface area contributed by atoms with E-state index in [0.717, 1.165) is 12.5 Å². The molecule has 0 aliphatic rings. The highest BCUT2D eigenvalue weighted by molar-refractivity contribution is 6.76. The van der Waals surface area contributed by atoms with Crippen LogP contribution in [-0.4, -0.2) is 19.3 Å². The maximum Gasteiger partial charge on any atom is 0.0760 e. The van der Waals surface area contributed by atoms with Crippen molar-refractivity contribution in [1.82, 2.24) is 0 Å². The van der Waals surface area contributed by atoms with Crippen LogP contribution in [0, 0.1) is 0 Å². The van der Waals surface area contributed by atoms with E-state index in [0.29, 0.717) is 0 Å². The molecule has 0 saturated carbocycles. The molecule has 0 amide bonds. The first-order valence-corrected chi connectivity index (χ1v) is 8.91. The van der Waals surface area contributed by atoms with Crippen LogP contribution in [0.4, 0.5) is 0 Å². The molecule has 1 nitrogen and oxygen atoms in total. The van der Waals surface area contributed by atoms with Crippen molar-refractivity contribution in [1.29, 1.82) is 0 Å². The Morgan fingerprint density at radius 2 is 1.86 bits per heavy atom. The van der Waals surface area contributed by atoms with Gasteiger partial charge in [-0.2, -0.15) is 0 Å². The van der Waals surface area contributed by atoms with Gasteiger partial charge in [-0.15, -0.1) is 6.58 Å². The number of allylic oxidation sites excluding steroid dienone is 1. The third kappa shape index (κ3) is 8.26. The van der Waals surface area contributed by atoms with Crippen LogP contribution in [0.2, 0.25) is 25.7 Å². The van der Waals surface area contributed by atoms with Gasteiger partial charge < -0.3 is 5.11 Å². The standard InChI is InChI=1S/C12H24OSi/c1-10(2)7-12(13)8-11(3)9-14(4,5)6/h7,12-13H,3,8-9H2,1-2,4-6H3. The summed E-state index contributed by atoms with van der Waals surface area (Å²) in [6, 6.07) is 1.11. The quantitative estimate of drug-likeness (QED) is 0.545. The minimum Gasteiger partial charge on any atom is -0.389 e. The molecule has 0 aromatic rings. The van der Waals surface area contributed by atoms with Crippen LogP contribution >= 0.6 is 0 Å². The third-order valence-corrected chi connectivity index (χ3v) is 3.36. The van der Waals surface area contributed by atoms with Crippen LogP contribution in [0.5, 0.6) is 0 Å². The molecule has 1 N–H and O–H groups in total. The van der Waals surface area contributed by atoms with Gasteiger partial charge in [-0.05, 0) is 26.3 Å². The van der Waals surface area contributed by atoms with Gasteiger partial charge >= 0.3 is 0 Å². The van der Waals surface area contributed by atoms with Crippen LogP contribution in [-0.2, 0) is 0 Å². The molecule has 0 radical (unpaired) electrons. The van der Waals surface area contributed by atoms with E-state index in [4.69, 9.17) is 0 Å². The third-order valence-electron chi connectivity index (χ3n) is 1.80. The van der Waals surface area contributed by atoms with Gasteiger partial charge in [-0.3, -0.25) is 0 Å². The fourth-order valence-corrected chi connectivity index (χ4v) is 3.21. The van der Waals surface area contributed by atoms with Gasteiger partial charge in [0.2, 0.25) is 0 Å². The number of aliphatic hydroxyl groups is 1. The molecule has 0 aliphatic carbocycles. The number of hydrogen-bond donors (Lipinski definition) is 1. The second-order valence-corrected chi connectivity index (χ2v) is 11.0. The second-order valence-electron chi connectivity index (χ2n) is 5.50. The Bertz CT molecular complexity index is 219. The van der Waals surface area contributed by atoms with Crippen LogP contribution in [0.1, 0.15) is 20.3 Å². The first-order valence-electron chi connectivity index (χ1n) is 5.20. The highest BCUT2D eigenvalue weighted by Crippen LogP contribution is 2.19. The lowest BCUT2D eigenvalue weighted by Gasteiger charge is -2.18. The first kappa shape index (κ1) is 13.7. The highest BCUT2D eigenvalue weighted by Gasteiger charge is 2.15. The molecule has 82 valence electrons. The zero-order valence-electron chi connectivity index (χ0n) is 10.2. The minimum atomic E-state index is -1.06. The monoisotopic (exact) mass is 212 g/mol. The molecule has 14 heavy (non-hydrogen) atoms. The Hall–Kier alpha value is -0.343. The van der Waals surface area contributed by atoms with E-state index in [-0.39, 0.29) is 6.10 Å². The summed E-state index contributed by atoms with van der Waals surface area (Å²) in [5.41, 5.74) is 2.35. The summed E-state index contributed by atoms with van der Waals surface area (Å²) in [6.45, 7) is 15.0. The zero-order chi connectivity index (χ0) is 11.4. The molecule has 1 unspecified atom stereocenters. The normalized spacial score (nSPS) is 13.6. The SMILES string of the molecule is C=C(CC(O)C=C(C)C)C[Si](C)(C)C. The molecule has 0 aromatic carbocycles. The average Bonchev–Trinajstić information content (AvgIpc) is 1.77. The van der Waals surface area contributed by atoms with E-state index in [2.05, 4.69) is 26.2 Å². The summed E-state index contributed by atoms with van der Waals surface area (Å²) in [5, 5.41) is 9.67. The van der Waals surface area contributed by atoms with Crippen molar-refractivity contribution in [3.8, 4) is 0 Å². The Kier molecular flexibility index (Phi) is 5.38. The van der Waals surface area contributed by atoms with Crippen molar-refractivity contribution in [2.75, 3.05) is 0 Å². The Morgan fingerprint density at radius 3 is 2.21 bits per heavy atom. The summed E-state index contributed by atoms with van der Waals surface area (Å²) in [5.74, 6) is 0. The zero-order valence-corrected chi connectivity index (χ0v) is 11.2. The smallest absolute Gasteiger partial charge is 0.0760 e. The predicted octanol–water partition coefficient (Wildman–Crippen LogP) is 3.60. The summed E-state index contributed by atoms with van der Waals surface area (Å²) in [6.07, 6.45) is 2.27. The van der Waals surface area contributed by atoms with Gasteiger partial charge in [-0.25, -0.2) is 0 Å². The fourth-order valence-electron chi connectivity index (χ4n) is 1.56. The molecular formula is C12H24OSi. The summed E-state index contributed by atoms with van der Waals surface area (Å²) in [7, 11) is -1.06. The van der Waals surface area contributed by atoms with Gasteiger partial charge in [0.25, 0.3) is 0 Å². The molecule has 0 aromatic heterocycles. The molecule has 1 atom stereocenters. The molecule has 0 aliphatic heterocycles. The first-order chi connectivity index (χ1) is 6.20. The number of hydrogen-bond acceptors (Lipinski definition) is 1. The topological polar surface area (TPSA) is 20.2 Å². The van der Waals surface area contributed by atoms with E-state index < -0.39 is 8.07 Å². The van der Waals surface area contributed by atoms with E-state index in [1.807, 2.05) is 19.9 Å². The predicted molar refractivity (Wildman–Crippen MR) is 67.3 cm³/mol. The van der Waals surface area contributed by atoms with Gasteiger partial charge in [0.1, 0.15) is 0 Å². The van der Waals surface area contributed by atoms with Crippen molar-refractivity contribution in [2.45, 2.75) is 52.1 Å². The lowest BCUT2D eigenvalue weighted by atomic mass is 10.1. The lowest BCUT2D eigenvalue weighted by molar-refractivity contribution is 0.223. The molecule has 0 fully saturated rings. The van der Waals surface area contributed by atoms with Crippen molar-refractivity contribution < 1.29 is 5.11 Å². The molecule has 0 rings (SSSR count). The van der Waals surface area contributed by atoms with Crippen molar-refractivity contribution >= 4 is 8.07 Å². The van der Waals surface area contributed by atoms with E-state index in [1.165, 1.54) is 11.1 Å². The Balaban J connectivity index is 4.02. The molecular weight excluding hydrogens is 188 g/mol. The Morgan fingerprint density at radius 1 is 1.36 bits per heavy atom. The fraction of sp³-hybridized carbons (Fsp3) is 0.667. The second kappa shape index (κ2) is 5.52. The van der Waals surface area contributed by atoms with Gasteiger partial charge in [0.15, 0.2) is 0 Å². The van der Waals surface area contributed by atoms with Crippen LogP contribution < -0.4 is 0 Å². The number of rotatable bonds is 5. The van der Waals surface area contributed by atoms with E-state index in [9.17, 15) is 5.11 Å². The summed E-state index contributed by atoms with van der Waals surface area (Å²) >= 11 is 0. The van der Waals surface area contributed by atoms with Crippen molar-refractivity contribution in [3.05, 3.63) is 23.8 Å². The Labute approximate surface area is 89.5 Å². The summed E-state index contributed by atoms with van der Waals surface area (Å²) in [4.78, 5) is 0. The molecule has 0 saturated heterocycles. The maximum atomic E-state index is 9.67. The van der Waals surface area contributed by atoms with E-state index in [1.54, 1.807) is 0 Å². The molecule has 0 spiro atoms. The van der Waals surface area contributed by atoms with Gasteiger partial charge in [0, 0.05) is 8.07 Å². The minimum absolute atomic E-state index is 0.344. The summed E-state index contributed by atoms with van der Waals surface area (Å²) < 4.78 is 0. The molecule has 0 heterocycles.